The van der Waals surface area contributed by atoms with Gasteiger partial charge >= 0.3 is 0 Å². The predicted molar refractivity (Wildman–Crippen MR) is 98.1 cm³/mol. The molecule has 0 saturated heterocycles. The Hall–Kier alpha value is -1.80. The first kappa shape index (κ1) is 17.0. The van der Waals surface area contributed by atoms with Crippen LogP contribution in [0.25, 0.3) is 10.2 Å². The predicted octanol–water partition coefficient (Wildman–Crippen LogP) is 3.40. The molecule has 2 atom stereocenters. The maximum Gasteiger partial charge on any atom is 0.256 e. The van der Waals surface area contributed by atoms with Crippen molar-refractivity contribution in [2.24, 2.45) is 0 Å². The van der Waals surface area contributed by atoms with E-state index in [1.807, 2.05) is 37.3 Å². The van der Waals surface area contributed by atoms with Crippen molar-refractivity contribution in [3.8, 4) is 0 Å². The molecule has 0 aliphatic carbocycles. The van der Waals surface area contributed by atoms with Crippen molar-refractivity contribution in [2.45, 2.75) is 19.1 Å². The molecule has 1 amide bonds. The van der Waals surface area contributed by atoms with Crippen LogP contribution in [0.2, 0.25) is 0 Å². The van der Waals surface area contributed by atoms with Crippen LogP contribution in [-0.2, 0) is 4.79 Å². The number of carbonyl (C=O) groups is 1. The van der Waals surface area contributed by atoms with Gasteiger partial charge in [0.15, 0.2) is 6.10 Å². The van der Waals surface area contributed by atoms with Crippen LogP contribution >= 0.6 is 27.3 Å². The lowest BCUT2D eigenvalue weighted by atomic mass is 10.1. The molecule has 1 heterocycles. The Balaban J connectivity index is 1.76. The van der Waals surface area contributed by atoms with Crippen molar-refractivity contribution in [1.29, 1.82) is 0 Å². The molecule has 2 unspecified atom stereocenters. The monoisotopic (exact) mass is 406 g/mol. The lowest BCUT2D eigenvalue weighted by molar-refractivity contribution is -0.129. The Kier molecular flexibility index (Phi) is 4.96. The van der Waals surface area contributed by atoms with E-state index in [9.17, 15) is 15.0 Å². The Morgan fingerprint density at radius 1 is 1.25 bits per heavy atom. The normalized spacial score (nSPS) is 13.7. The number of halogens is 1. The second-order valence-electron chi connectivity index (χ2n) is 5.36. The number of amides is 1. The quantitative estimate of drug-likeness (QED) is 0.619. The smallest absolute Gasteiger partial charge is 0.256 e. The molecule has 1 aromatic heterocycles. The minimum atomic E-state index is -1.60. The van der Waals surface area contributed by atoms with Gasteiger partial charge < -0.3 is 15.5 Å². The highest BCUT2D eigenvalue weighted by Gasteiger charge is 2.28. The summed E-state index contributed by atoms with van der Waals surface area (Å²) in [6, 6.07) is 12.8. The van der Waals surface area contributed by atoms with E-state index in [-0.39, 0.29) is 0 Å². The van der Waals surface area contributed by atoms with Gasteiger partial charge in [-0.1, -0.05) is 28.1 Å². The number of carbonyl (C=O) groups excluding carboxylic acids is 1. The average molecular weight is 407 g/mol. The summed E-state index contributed by atoms with van der Waals surface area (Å²) in [6.45, 7) is 1.84. The summed E-state index contributed by atoms with van der Waals surface area (Å²) < 4.78 is 1.79. The van der Waals surface area contributed by atoms with Crippen molar-refractivity contribution in [3.05, 3.63) is 57.5 Å². The minimum absolute atomic E-state index is 0.311. The first-order valence-corrected chi connectivity index (χ1v) is 8.85. The van der Waals surface area contributed by atoms with Gasteiger partial charge in [0.2, 0.25) is 0 Å². The number of anilines is 1. The SMILES string of the molecule is Cc1cc(Br)ccc1NC(=O)C(O)C(O)c1nc2ccccc2s1. The maximum absolute atomic E-state index is 12.2. The highest BCUT2D eigenvalue weighted by molar-refractivity contribution is 9.10. The number of rotatable bonds is 4. The molecule has 24 heavy (non-hydrogen) atoms. The lowest BCUT2D eigenvalue weighted by Crippen LogP contribution is -2.33. The minimum Gasteiger partial charge on any atom is -0.383 e. The van der Waals surface area contributed by atoms with Gasteiger partial charge in [0, 0.05) is 10.2 Å². The van der Waals surface area contributed by atoms with Gasteiger partial charge in [-0.2, -0.15) is 0 Å². The standard InChI is InChI=1S/C17H15BrN2O3S/c1-9-8-10(18)6-7-11(9)19-16(23)14(21)15(22)17-20-12-4-2-3-5-13(12)24-17/h2-8,14-15,21-22H,1H3,(H,19,23). The molecule has 2 aromatic carbocycles. The molecule has 0 aliphatic heterocycles. The molecule has 5 nitrogen and oxygen atoms in total. The third-order valence-corrected chi connectivity index (χ3v) is 5.18. The first-order chi connectivity index (χ1) is 11.5. The Labute approximate surface area is 151 Å². The number of thiazole rings is 1. The van der Waals surface area contributed by atoms with Crippen molar-refractivity contribution in [3.63, 3.8) is 0 Å². The van der Waals surface area contributed by atoms with E-state index < -0.39 is 18.1 Å². The van der Waals surface area contributed by atoms with Gasteiger partial charge in [0.05, 0.1) is 10.2 Å². The van der Waals surface area contributed by atoms with Crippen LogP contribution in [-0.4, -0.2) is 27.2 Å². The summed E-state index contributed by atoms with van der Waals surface area (Å²) in [6.07, 6.45) is -2.98. The van der Waals surface area contributed by atoms with Crippen molar-refractivity contribution in [2.75, 3.05) is 5.32 Å². The van der Waals surface area contributed by atoms with E-state index in [0.717, 1.165) is 20.3 Å². The van der Waals surface area contributed by atoms with Gasteiger partial charge in [-0.15, -0.1) is 11.3 Å². The molecule has 0 spiro atoms. The summed E-state index contributed by atoms with van der Waals surface area (Å²) in [5, 5.41) is 23.4. The van der Waals surface area contributed by atoms with Crippen LogP contribution < -0.4 is 5.32 Å². The second kappa shape index (κ2) is 6.98. The fraction of sp³-hybridized carbons (Fsp3) is 0.176. The number of hydrogen-bond donors (Lipinski definition) is 3. The summed E-state index contributed by atoms with van der Waals surface area (Å²) in [5.41, 5.74) is 2.16. The molecule has 7 heteroatoms. The number of aryl methyl sites for hydroxylation is 1. The topological polar surface area (TPSA) is 82.5 Å². The van der Waals surface area contributed by atoms with Crippen LogP contribution in [0.15, 0.2) is 46.9 Å². The molecule has 0 aliphatic rings. The number of hydrogen-bond acceptors (Lipinski definition) is 5. The number of aliphatic hydroxyl groups is 2. The molecule has 3 aromatic rings. The molecular weight excluding hydrogens is 392 g/mol. The molecule has 0 fully saturated rings. The van der Waals surface area contributed by atoms with E-state index in [0.29, 0.717) is 10.7 Å². The first-order valence-electron chi connectivity index (χ1n) is 7.24. The van der Waals surface area contributed by atoms with Gasteiger partial charge in [0.25, 0.3) is 5.91 Å². The van der Waals surface area contributed by atoms with E-state index in [4.69, 9.17) is 0 Å². The highest BCUT2D eigenvalue weighted by Crippen LogP contribution is 2.28. The van der Waals surface area contributed by atoms with Crippen LogP contribution in [0.3, 0.4) is 0 Å². The summed E-state index contributed by atoms with van der Waals surface area (Å²) in [5.74, 6) is -0.674. The number of fused-ring (bicyclic) bond motifs is 1. The second-order valence-corrected chi connectivity index (χ2v) is 7.34. The van der Waals surface area contributed by atoms with Crippen molar-refractivity contribution >= 4 is 49.1 Å². The fourth-order valence-corrected chi connectivity index (χ4v) is 3.73. The number of nitrogens with zero attached hydrogens (tertiary/aromatic N) is 1. The van der Waals surface area contributed by atoms with Crippen molar-refractivity contribution < 1.29 is 15.0 Å². The molecular formula is C17H15BrN2O3S. The molecule has 3 rings (SSSR count). The Bertz CT molecular complexity index is 863. The van der Waals surface area contributed by atoms with Crippen LogP contribution in [0, 0.1) is 6.92 Å². The summed E-state index contributed by atoms with van der Waals surface area (Å²) in [4.78, 5) is 16.5. The third kappa shape index (κ3) is 3.49. The maximum atomic E-state index is 12.2. The molecule has 0 saturated carbocycles. The van der Waals surface area contributed by atoms with Crippen LogP contribution in [0.1, 0.15) is 16.7 Å². The average Bonchev–Trinajstić information content (AvgIpc) is 3.00. The largest absolute Gasteiger partial charge is 0.383 e. The van der Waals surface area contributed by atoms with Gasteiger partial charge in [-0.25, -0.2) is 4.98 Å². The Morgan fingerprint density at radius 3 is 2.71 bits per heavy atom. The lowest BCUT2D eigenvalue weighted by Gasteiger charge is -2.16. The van der Waals surface area contributed by atoms with Gasteiger partial charge in [-0.05, 0) is 42.8 Å². The summed E-state index contributed by atoms with van der Waals surface area (Å²) in [7, 11) is 0. The molecule has 0 radical (unpaired) electrons. The number of benzene rings is 2. The van der Waals surface area contributed by atoms with E-state index in [1.54, 1.807) is 12.1 Å². The van der Waals surface area contributed by atoms with Crippen molar-refractivity contribution in [1.82, 2.24) is 4.98 Å². The van der Waals surface area contributed by atoms with Crippen LogP contribution in [0.4, 0.5) is 5.69 Å². The molecule has 0 bridgehead atoms. The Morgan fingerprint density at radius 2 is 2.00 bits per heavy atom. The van der Waals surface area contributed by atoms with E-state index in [1.165, 1.54) is 11.3 Å². The zero-order chi connectivity index (χ0) is 17.3. The fourth-order valence-electron chi connectivity index (χ4n) is 2.27. The number of aromatic nitrogens is 1. The van der Waals surface area contributed by atoms with E-state index in [2.05, 4.69) is 26.2 Å². The van der Waals surface area contributed by atoms with E-state index >= 15 is 0 Å². The van der Waals surface area contributed by atoms with Gasteiger partial charge in [-0.3, -0.25) is 4.79 Å². The summed E-state index contributed by atoms with van der Waals surface area (Å²) >= 11 is 4.61. The third-order valence-electron chi connectivity index (χ3n) is 3.58. The van der Waals surface area contributed by atoms with Crippen LogP contribution in [0.5, 0.6) is 0 Å². The molecule has 124 valence electrons. The molecule has 3 N–H and O–H groups in total. The number of nitrogens with one attached hydrogen (secondary N) is 1. The zero-order valence-corrected chi connectivity index (χ0v) is 15.1. The highest BCUT2D eigenvalue weighted by atomic mass is 79.9. The number of para-hydroxylation sites is 1. The van der Waals surface area contributed by atoms with Gasteiger partial charge in [0.1, 0.15) is 11.1 Å². The number of aliphatic hydroxyl groups excluding tert-OH is 2. The zero-order valence-electron chi connectivity index (χ0n) is 12.7.